The number of amides is 2. The monoisotopic (exact) mass is 566 g/mol. The van der Waals surface area contributed by atoms with Gasteiger partial charge >= 0.3 is 0 Å². The van der Waals surface area contributed by atoms with Crippen LogP contribution in [0.25, 0.3) is 0 Å². The summed E-state index contributed by atoms with van der Waals surface area (Å²) in [6.45, 7) is 4.61. The second-order valence-corrected chi connectivity index (χ2v) is 10.9. The number of hydrogen-bond donors (Lipinski definition) is 2. The first kappa shape index (κ1) is 29.1. The van der Waals surface area contributed by atoms with Crippen molar-refractivity contribution in [3.63, 3.8) is 0 Å². The number of nitrogens with zero attached hydrogens (tertiary/aromatic N) is 2. The third-order valence-corrected chi connectivity index (χ3v) is 8.05. The topological polar surface area (TPSA) is 64.7 Å². The minimum absolute atomic E-state index is 0.0622. The number of para-hydroxylation sites is 1. The van der Waals surface area contributed by atoms with Crippen molar-refractivity contribution in [2.45, 2.75) is 44.3 Å². The Balaban J connectivity index is 1.51. The summed E-state index contributed by atoms with van der Waals surface area (Å²) >= 11 is 12.2. The third kappa shape index (κ3) is 8.05. The number of halogens is 2. The fourth-order valence-corrected chi connectivity index (χ4v) is 5.45. The van der Waals surface area contributed by atoms with E-state index in [1.807, 2.05) is 36.4 Å². The summed E-state index contributed by atoms with van der Waals surface area (Å²) in [5.41, 5.74) is 2.56. The molecular formula is C31H36Cl2N4O2. The second-order valence-electron chi connectivity index (χ2n) is 10.1. The summed E-state index contributed by atoms with van der Waals surface area (Å²) in [7, 11) is 1.79. The Hall–Kier alpha value is -2.90. The summed E-state index contributed by atoms with van der Waals surface area (Å²) in [5, 5.41) is 7.37. The maximum atomic E-state index is 13.4. The third-order valence-electron chi connectivity index (χ3n) is 7.31. The van der Waals surface area contributed by atoms with Gasteiger partial charge in [-0.3, -0.25) is 14.9 Å². The number of benzene rings is 3. The van der Waals surface area contributed by atoms with E-state index < -0.39 is 0 Å². The van der Waals surface area contributed by atoms with Gasteiger partial charge in [-0.05, 0) is 54.7 Å². The molecule has 3 aromatic carbocycles. The Morgan fingerprint density at radius 3 is 2.38 bits per heavy atom. The molecule has 3 aromatic rings. The van der Waals surface area contributed by atoms with E-state index in [0.29, 0.717) is 34.5 Å². The first-order chi connectivity index (χ1) is 18.8. The highest BCUT2D eigenvalue weighted by molar-refractivity contribution is 6.42. The van der Waals surface area contributed by atoms with Gasteiger partial charge in [0.15, 0.2) is 0 Å². The lowest BCUT2D eigenvalue weighted by atomic mass is 9.95. The molecule has 39 heavy (non-hydrogen) atoms. The van der Waals surface area contributed by atoms with Crippen molar-refractivity contribution in [3.05, 3.63) is 100 Å². The normalized spacial score (nSPS) is 18.7. The number of carbonyl (C=O) groups excluding carboxylic acids is 2. The molecule has 206 valence electrons. The molecule has 0 bridgehead atoms. The molecule has 0 aliphatic carbocycles. The Morgan fingerprint density at radius 2 is 1.72 bits per heavy atom. The van der Waals surface area contributed by atoms with Crippen LogP contribution >= 0.6 is 23.2 Å². The van der Waals surface area contributed by atoms with Crippen LogP contribution in [0.1, 0.15) is 48.0 Å². The van der Waals surface area contributed by atoms with Crippen LogP contribution in [-0.4, -0.2) is 60.5 Å². The van der Waals surface area contributed by atoms with E-state index in [2.05, 4.69) is 46.7 Å². The molecule has 0 spiro atoms. The average molecular weight is 568 g/mol. The van der Waals surface area contributed by atoms with E-state index in [4.69, 9.17) is 23.2 Å². The Labute approximate surface area is 241 Å². The molecule has 6 nitrogen and oxygen atoms in total. The fraction of sp³-hybridized carbons (Fsp3) is 0.355. The van der Waals surface area contributed by atoms with Crippen LogP contribution in [0.3, 0.4) is 0 Å². The van der Waals surface area contributed by atoms with E-state index in [0.717, 1.165) is 31.6 Å². The summed E-state index contributed by atoms with van der Waals surface area (Å²) in [5.74, 6) is 0.174. The molecule has 1 aliphatic rings. The lowest BCUT2D eigenvalue weighted by molar-refractivity contribution is -0.116. The quantitative estimate of drug-likeness (QED) is 0.320. The van der Waals surface area contributed by atoms with Crippen molar-refractivity contribution in [1.82, 2.24) is 15.1 Å². The van der Waals surface area contributed by atoms with Crippen LogP contribution < -0.4 is 10.6 Å². The molecule has 2 N–H and O–H groups in total. The Morgan fingerprint density at radius 1 is 1.03 bits per heavy atom. The molecule has 1 aliphatic heterocycles. The SMILES string of the molecule is CC[C@H](CN1CC[C@H](N(C)C(=O)c2ccc(Cl)c(Cl)c2)N[C@@H](CC(=O)Nc2ccccc2)C1)c1ccccc1. The minimum atomic E-state index is -0.247. The van der Waals surface area contributed by atoms with E-state index in [1.165, 1.54) is 5.56 Å². The van der Waals surface area contributed by atoms with Crippen molar-refractivity contribution >= 4 is 40.7 Å². The standard InChI is InChI=1S/C31H36Cl2N4O2/c1-3-22(23-10-6-4-7-11-23)20-37-17-16-29(36(2)31(39)24-14-15-27(32)28(33)18-24)34-26(21-37)19-30(38)35-25-12-8-5-9-13-25/h4-15,18,22,26,29,34H,3,16-17,19-21H2,1-2H3,(H,35,38)/t22-,26+,29+/m1/s1. The number of rotatable bonds is 9. The molecular weight excluding hydrogens is 531 g/mol. The largest absolute Gasteiger partial charge is 0.326 e. The van der Waals surface area contributed by atoms with E-state index >= 15 is 0 Å². The zero-order valence-corrected chi connectivity index (χ0v) is 24.0. The van der Waals surface area contributed by atoms with E-state index in [-0.39, 0.29) is 24.0 Å². The fourth-order valence-electron chi connectivity index (χ4n) is 5.15. The summed E-state index contributed by atoms with van der Waals surface area (Å²) in [6.07, 6.45) is 1.79. The highest BCUT2D eigenvalue weighted by Crippen LogP contribution is 2.25. The van der Waals surface area contributed by atoms with Crippen LogP contribution in [0.5, 0.6) is 0 Å². The minimum Gasteiger partial charge on any atom is -0.326 e. The van der Waals surface area contributed by atoms with Crippen molar-refractivity contribution in [3.8, 4) is 0 Å². The van der Waals surface area contributed by atoms with Gasteiger partial charge in [-0.2, -0.15) is 0 Å². The van der Waals surface area contributed by atoms with Crippen LogP contribution in [-0.2, 0) is 4.79 Å². The predicted octanol–water partition coefficient (Wildman–Crippen LogP) is 6.28. The first-order valence-electron chi connectivity index (χ1n) is 13.4. The van der Waals surface area contributed by atoms with Gasteiger partial charge in [0.2, 0.25) is 5.91 Å². The van der Waals surface area contributed by atoms with Gasteiger partial charge < -0.3 is 15.1 Å². The van der Waals surface area contributed by atoms with Gasteiger partial charge in [0.05, 0.1) is 16.2 Å². The molecule has 0 aromatic heterocycles. The number of carbonyl (C=O) groups is 2. The Bertz CT molecular complexity index is 1240. The Kier molecular flexibility index (Phi) is 10.4. The molecule has 0 radical (unpaired) electrons. The zero-order chi connectivity index (χ0) is 27.8. The van der Waals surface area contributed by atoms with Crippen molar-refractivity contribution < 1.29 is 9.59 Å². The van der Waals surface area contributed by atoms with Gasteiger partial charge in [-0.1, -0.05) is 78.7 Å². The number of hydrogen-bond acceptors (Lipinski definition) is 4. The molecule has 1 heterocycles. The van der Waals surface area contributed by atoms with Crippen molar-refractivity contribution in [1.29, 1.82) is 0 Å². The highest BCUT2D eigenvalue weighted by atomic mass is 35.5. The van der Waals surface area contributed by atoms with Crippen LogP contribution in [0.15, 0.2) is 78.9 Å². The van der Waals surface area contributed by atoms with Gasteiger partial charge in [0.1, 0.15) is 0 Å². The summed E-state index contributed by atoms with van der Waals surface area (Å²) in [4.78, 5) is 30.5. The molecule has 3 atom stereocenters. The molecule has 4 rings (SSSR count). The van der Waals surface area contributed by atoms with Crippen LogP contribution in [0.4, 0.5) is 5.69 Å². The average Bonchev–Trinajstić information content (AvgIpc) is 3.15. The van der Waals surface area contributed by atoms with E-state index in [9.17, 15) is 9.59 Å². The smallest absolute Gasteiger partial charge is 0.254 e. The summed E-state index contributed by atoms with van der Waals surface area (Å²) < 4.78 is 0. The summed E-state index contributed by atoms with van der Waals surface area (Å²) in [6, 6.07) is 24.8. The van der Waals surface area contributed by atoms with Crippen molar-refractivity contribution in [2.75, 3.05) is 32.0 Å². The van der Waals surface area contributed by atoms with Crippen LogP contribution in [0.2, 0.25) is 10.0 Å². The lowest BCUT2D eigenvalue weighted by Gasteiger charge is -2.30. The maximum absolute atomic E-state index is 13.4. The molecule has 1 saturated heterocycles. The highest BCUT2D eigenvalue weighted by Gasteiger charge is 2.31. The van der Waals surface area contributed by atoms with Crippen molar-refractivity contribution in [2.24, 2.45) is 0 Å². The van der Waals surface area contributed by atoms with Gasteiger partial charge in [0.25, 0.3) is 5.91 Å². The zero-order valence-electron chi connectivity index (χ0n) is 22.4. The molecule has 0 unspecified atom stereocenters. The molecule has 0 saturated carbocycles. The lowest BCUT2D eigenvalue weighted by Crippen LogP contribution is -2.51. The molecule has 8 heteroatoms. The maximum Gasteiger partial charge on any atom is 0.254 e. The molecule has 2 amide bonds. The van der Waals surface area contributed by atoms with Gasteiger partial charge in [-0.25, -0.2) is 0 Å². The second kappa shape index (κ2) is 13.9. The molecule has 1 fully saturated rings. The van der Waals surface area contributed by atoms with Gasteiger partial charge in [0, 0.05) is 50.4 Å². The predicted molar refractivity (Wildman–Crippen MR) is 159 cm³/mol. The van der Waals surface area contributed by atoms with Crippen LogP contribution in [0, 0.1) is 0 Å². The van der Waals surface area contributed by atoms with Gasteiger partial charge in [-0.15, -0.1) is 0 Å². The first-order valence-corrected chi connectivity index (χ1v) is 14.2. The number of anilines is 1. The van der Waals surface area contributed by atoms with E-state index in [1.54, 1.807) is 30.1 Å². The number of nitrogens with one attached hydrogen (secondary N) is 2.